The third-order valence-electron chi connectivity index (χ3n) is 4.63. The zero-order valence-corrected chi connectivity index (χ0v) is 22.3. The highest BCUT2D eigenvalue weighted by Gasteiger charge is 2.47. The molecule has 0 spiro atoms. The van der Waals surface area contributed by atoms with Gasteiger partial charge in [-0.05, 0) is 55.6 Å². The van der Waals surface area contributed by atoms with Gasteiger partial charge in [-0.1, -0.05) is 73.1 Å². The Morgan fingerprint density at radius 2 is 1.76 bits per heavy atom. The van der Waals surface area contributed by atoms with E-state index >= 15 is 4.39 Å². The van der Waals surface area contributed by atoms with E-state index in [-0.39, 0.29) is 23.7 Å². The monoisotopic (exact) mass is 552 g/mol. The lowest BCUT2D eigenvalue weighted by molar-refractivity contribution is -0.157. The number of carbonyl (C=O) groups is 2. The Morgan fingerprint density at radius 3 is 2.32 bits per heavy atom. The largest absolute Gasteiger partial charge is 0.461 e. The number of halogens is 2. The number of ether oxygens (including phenoxy) is 2. The van der Waals surface area contributed by atoms with Crippen LogP contribution in [0.1, 0.15) is 52.2 Å². The van der Waals surface area contributed by atoms with Crippen LogP contribution in [0.2, 0.25) is 0 Å². The molecule has 0 radical (unpaired) electrons. The van der Waals surface area contributed by atoms with Gasteiger partial charge in [-0.25, -0.2) is 14.0 Å². The first-order chi connectivity index (χ1) is 15.8. The molecule has 2 aromatic rings. The lowest BCUT2D eigenvalue weighted by atomic mass is 9.75. The molecule has 2 N–H and O–H groups in total. The van der Waals surface area contributed by atoms with Gasteiger partial charge < -0.3 is 14.8 Å². The van der Waals surface area contributed by atoms with Crippen molar-refractivity contribution in [2.24, 2.45) is 5.41 Å². The Bertz CT molecular complexity index is 1030. The fraction of sp³-hybridized carbons (Fsp3) is 0.400. The Morgan fingerprint density at radius 1 is 1.12 bits per heavy atom. The zero-order valence-electron chi connectivity index (χ0n) is 19.9. The minimum Gasteiger partial charge on any atom is -0.461 e. The quantitative estimate of drug-likeness (QED) is 0.325. The van der Waals surface area contributed by atoms with E-state index in [1.165, 1.54) is 12.1 Å². The van der Waals surface area contributed by atoms with Crippen molar-refractivity contribution in [3.05, 3.63) is 69.9 Å². The number of esters is 1. The molecule has 0 aliphatic rings. The summed E-state index contributed by atoms with van der Waals surface area (Å²) in [6, 6.07) is 13.5. The SMILES string of the molecule is CC(C)OC(=O)C(CC(C)(C)C)(NC(=S)NC(=O)OCc1ccccc1)c1ccc(Br)cc1F. The maximum Gasteiger partial charge on any atom is 0.413 e. The number of amides is 1. The van der Waals surface area contributed by atoms with Gasteiger partial charge in [0.2, 0.25) is 0 Å². The van der Waals surface area contributed by atoms with Crippen LogP contribution in [0.15, 0.2) is 53.0 Å². The van der Waals surface area contributed by atoms with Crippen LogP contribution >= 0.6 is 28.1 Å². The van der Waals surface area contributed by atoms with E-state index in [1.54, 1.807) is 19.9 Å². The molecular weight excluding hydrogens is 523 g/mol. The highest BCUT2D eigenvalue weighted by Crippen LogP contribution is 2.38. The van der Waals surface area contributed by atoms with Crippen molar-refractivity contribution >= 4 is 45.3 Å². The highest BCUT2D eigenvalue weighted by molar-refractivity contribution is 9.10. The van der Waals surface area contributed by atoms with Gasteiger partial charge in [0.15, 0.2) is 10.7 Å². The van der Waals surface area contributed by atoms with Gasteiger partial charge in [0.05, 0.1) is 6.10 Å². The van der Waals surface area contributed by atoms with Crippen LogP contribution in [-0.2, 0) is 26.4 Å². The number of benzene rings is 2. The first-order valence-electron chi connectivity index (χ1n) is 10.8. The predicted octanol–water partition coefficient (Wildman–Crippen LogP) is 5.97. The summed E-state index contributed by atoms with van der Waals surface area (Å²) in [6.45, 7) is 9.18. The van der Waals surface area contributed by atoms with Crippen molar-refractivity contribution in [3.63, 3.8) is 0 Å². The minimum absolute atomic E-state index is 0.0408. The second-order valence-corrected chi connectivity index (χ2v) is 10.7. The van der Waals surface area contributed by atoms with E-state index < -0.39 is 34.9 Å². The van der Waals surface area contributed by atoms with Crippen LogP contribution in [0, 0.1) is 11.2 Å². The summed E-state index contributed by atoms with van der Waals surface area (Å²) in [7, 11) is 0. The first-order valence-corrected chi connectivity index (χ1v) is 12.0. The third-order valence-corrected chi connectivity index (χ3v) is 5.33. The molecule has 0 bridgehead atoms. The van der Waals surface area contributed by atoms with Crippen molar-refractivity contribution in [1.82, 2.24) is 10.6 Å². The fourth-order valence-electron chi connectivity index (χ4n) is 3.46. The van der Waals surface area contributed by atoms with E-state index in [2.05, 4.69) is 26.6 Å². The summed E-state index contributed by atoms with van der Waals surface area (Å²) >= 11 is 8.58. The molecule has 0 heterocycles. The molecule has 2 aromatic carbocycles. The average Bonchev–Trinajstić information content (AvgIpc) is 2.71. The Kier molecular flexibility index (Phi) is 9.58. The summed E-state index contributed by atoms with van der Waals surface area (Å²) in [5.41, 5.74) is -1.29. The normalized spacial score (nSPS) is 13.1. The molecule has 0 saturated heterocycles. The smallest absolute Gasteiger partial charge is 0.413 e. The number of hydrogen-bond donors (Lipinski definition) is 2. The summed E-state index contributed by atoms with van der Waals surface area (Å²) in [5.74, 6) is -1.33. The zero-order chi connectivity index (χ0) is 25.5. The minimum atomic E-state index is -1.70. The summed E-state index contributed by atoms with van der Waals surface area (Å²) in [6.07, 6.45) is -1.13. The molecule has 0 aromatic heterocycles. The second-order valence-electron chi connectivity index (χ2n) is 9.36. The van der Waals surface area contributed by atoms with E-state index in [0.717, 1.165) is 5.56 Å². The topological polar surface area (TPSA) is 76.7 Å². The number of carbonyl (C=O) groups excluding carboxylic acids is 2. The second kappa shape index (κ2) is 11.8. The maximum absolute atomic E-state index is 15.2. The van der Waals surface area contributed by atoms with Crippen molar-refractivity contribution < 1.29 is 23.5 Å². The molecule has 1 unspecified atom stereocenters. The molecule has 0 saturated carbocycles. The Balaban J connectivity index is 2.35. The summed E-state index contributed by atoms with van der Waals surface area (Å²) in [5, 5.41) is 5.12. The molecule has 1 amide bonds. The third kappa shape index (κ3) is 8.06. The van der Waals surface area contributed by atoms with Gasteiger partial charge in [-0.3, -0.25) is 5.32 Å². The maximum atomic E-state index is 15.2. The van der Waals surface area contributed by atoms with E-state index in [4.69, 9.17) is 21.7 Å². The summed E-state index contributed by atoms with van der Waals surface area (Å²) in [4.78, 5) is 25.8. The van der Waals surface area contributed by atoms with Gasteiger partial charge in [0, 0.05) is 10.0 Å². The van der Waals surface area contributed by atoms with Crippen molar-refractivity contribution in [1.29, 1.82) is 0 Å². The number of nitrogens with one attached hydrogen (secondary N) is 2. The molecule has 9 heteroatoms. The lowest BCUT2D eigenvalue weighted by Crippen LogP contribution is -2.58. The number of thiocarbonyl (C=S) groups is 1. The fourth-order valence-corrected chi connectivity index (χ4v) is 4.05. The van der Waals surface area contributed by atoms with Gasteiger partial charge in [0.25, 0.3) is 0 Å². The Labute approximate surface area is 213 Å². The highest BCUT2D eigenvalue weighted by atomic mass is 79.9. The summed E-state index contributed by atoms with van der Waals surface area (Å²) < 4.78 is 26.5. The molecular formula is C25H30BrFN2O4S. The van der Waals surface area contributed by atoms with Gasteiger partial charge in [0.1, 0.15) is 12.4 Å². The van der Waals surface area contributed by atoms with Crippen molar-refractivity contribution in [2.45, 2.75) is 59.3 Å². The van der Waals surface area contributed by atoms with Crippen molar-refractivity contribution in [3.8, 4) is 0 Å². The molecule has 1 atom stereocenters. The van der Waals surface area contributed by atoms with Gasteiger partial charge >= 0.3 is 12.1 Å². The van der Waals surface area contributed by atoms with Crippen LogP contribution in [0.4, 0.5) is 9.18 Å². The van der Waals surface area contributed by atoms with Crippen LogP contribution in [0.25, 0.3) is 0 Å². The molecule has 0 aliphatic carbocycles. The van der Waals surface area contributed by atoms with Gasteiger partial charge in [-0.15, -0.1) is 0 Å². The van der Waals surface area contributed by atoms with Gasteiger partial charge in [-0.2, -0.15) is 0 Å². The molecule has 0 aliphatic heterocycles. The molecule has 0 fully saturated rings. The molecule has 6 nitrogen and oxygen atoms in total. The molecule has 184 valence electrons. The van der Waals surface area contributed by atoms with E-state index in [0.29, 0.717) is 4.47 Å². The lowest BCUT2D eigenvalue weighted by Gasteiger charge is -2.39. The van der Waals surface area contributed by atoms with Crippen LogP contribution in [0.3, 0.4) is 0 Å². The van der Waals surface area contributed by atoms with Crippen LogP contribution in [0.5, 0.6) is 0 Å². The average molecular weight is 553 g/mol. The molecule has 2 rings (SSSR count). The first kappa shape index (κ1) is 27.7. The van der Waals surface area contributed by atoms with Crippen LogP contribution < -0.4 is 10.6 Å². The van der Waals surface area contributed by atoms with E-state index in [1.807, 2.05) is 51.1 Å². The van der Waals surface area contributed by atoms with Crippen molar-refractivity contribution in [2.75, 3.05) is 0 Å². The number of hydrogen-bond acceptors (Lipinski definition) is 5. The predicted molar refractivity (Wildman–Crippen MR) is 137 cm³/mol. The number of alkyl carbamates (subject to hydrolysis) is 1. The standard InChI is InChI=1S/C25H30BrFN2O4S/c1-16(2)33-21(30)25(15-24(3,4)5,19-12-11-18(26)13-20(19)27)29-22(34)28-23(31)32-14-17-9-7-6-8-10-17/h6-13,16H,14-15H2,1-5H3,(H2,28,29,31,34). The molecule has 34 heavy (non-hydrogen) atoms. The Hall–Kier alpha value is -2.52. The van der Waals surface area contributed by atoms with E-state index in [9.17, 15) is 9.59 Å². The van der Waals surface area contributed by atoms with Crippen LogP contribution in [-0.4, -0.2) is 23.3 Å². The number of rotatable bonds is 7.